The molecule has 2 heterocycles. The Morgan fingerprint density at radius 2 is 2.25 bits per heavy atom. The van der Waals surface area contributed by atoms with Gasteiger partial charge in [-0.05, 0) is 51.1 Å². The van der Waals surface area contributed by atoms with Crippen LogP contribution in [-0.4, -0.2) is 16.3 Å². The molecule has 2 aliphatic rings. The number of hydrogen-bond donors (Lipinski definition) is 1. The van der Waals surface area contributed by atoms with Crippen LogP contribution in [-0.2, 0) is 19.4 Å². The van der Waals surface area contributed by atoms with Crippen LogP contribution in [0, 0.1) is 0 Å². The highest BCUT2D eigenvalue weighted by Crippen LogP contribution is 2.32. The Hall–Kier alpha value is -0.830. The molecule has 1 aromatic rings. The molecule has 88 valence electrons. The monoisotopic (exact) mass is 219 g/mol. The second kappa shape index (κ2) is 4.21. The fourth-order valence-electron chi connectivity index (χ4n) is 3.17. The maximum Gasteiger partial charge on any atom is 0.0828 e. The van der Waals surface area contributed by atoms with Crippen molar-refractivity contribution in [1.82, 2.24) is 15.1 Å². The summed E-state index contributed by atoms with van der Waals surface area (Å²) < 4.78 is 2.23. The van der Waals surface area contributed by atoms with Gasteiger partial charge in [0.1, 0.15) is 0 Å². The Morgan fingerprint density at radius 1 is 1.31 bits per heavy atom. The quantitative estimate of drug-likeness (QED) is 0.826. The van der Waals surface area contributed by atoms with Crippen molar-refractivity contribution in [1.29, 1.82) is 0 Å². The Balaban J connectivity index is 1.94. The van der Waals surface area contributed by atoms with Crippen molar-refractivity contribution in [3.8, 4) is 0 Å². The largest absolute Gasteiger partial charge is 0.309 e. The maximum absolute atomic E-state index is 4.83. The van der Waals surface area contributed by atoms with Crippen molar-refractivity contribution in [2.24, 2.45) is 0 Å². The van der Waals surface area contributed by atoms with Crippen molar-refractivity contribution < 1.29 is 0 Å². The van der Waals surface area contributed by atoms with Gasteiger partial charge in [-0.15, -0.1) is 0 Å². The Morgan fingerprint density at radius 3 is 3.00 bits per heavy atom. The van der Waals surface area contributed by atoms with Crippen molar-refractivity contribution in [2.45, 2.75) is 58.0 Å². The minimum absolute atomic E-state index is 0.536. The molecule has 0 unspecified atom stereocenters. The van der Waals surface area contributed by atoms with Gasteiger partial charge >= 0.3 is 0 Å². The van der Waals surface area contributed by atoms with E-state index in [1.165, 1.54) is 56.5 Å². The Labute approximate surface area is 97.2 Å². The van der Waals surface area contributed by atoms with Gasteiger partial charge in [-0.3, -0.25) is 4.68 Å². The molecule has 0 saturated carbocycles. The van der Waals surface area contributed by atoms with E-state index >= 15 is 0 Å². The molecule has 3 rings (SSSR count). The van der Waals surface area contributed by atoms with Crippen LogP contribution in [0.2, 0.25) is 0 Å². The predicted octanol–water partition coefficient (Wildman–Crippen LogP) is 2.21. The summed E-state index contributed by atoms with van der Waals surface area (Å²) in [6.45, 7) is 4.39. The fourth-order valence-corrected chi connectivity index (χ4v) is 3.17. The number of fused-ring (bicyclic) bond motifs is 1. The van der Waals surface area contributed by atoms with Gasteiger partial charge in [0.25, 0.3) is 0 Å². The van der Waals surface area contributed by atoms with Crippen LogP contribution in [0.5, 0.6) is 0 Å². The summed E-state index contributed by atoms with van der Waals surface area (Å²) in [6.07, 6.45) is 7.77. The summed E-state index contributed by atoms with van der Waals surface area (Å²) in [6, 6.07) is 0.536. The van der Waals surface area contributed by atoms with Gasteiger partial charge < -0.3 is 5.32 Å². The van der Waals surface area contributed by atoms with E-state index in [2.05, 4.69) is 16.9 Å². The first-order valence-electron chi connectivity index (χ1n) is 6.72. The topological polar surface area (TPSA) is 29.9 Å². The van der Waals surface area contributed by atoms with Crippen LogP contribution in [0.15, 0.2) is 0 Å². The lowest BCUT2D eigenvalue weighted by molar-refractivity contribution is 0.399. The molecule has 1 N–H and O–H groups in total. The summed E-state index contributed by atoms with van der Waals surface area (Å²) in [7, 11) is 0. The number of aromatic nitrogens is 2. The first-order valence-corrected chi connectivity index (χ1v) is 6.72. The molecule has 3 nitrogen and oxygen atoms in total. The zero-order chi connectivity index (χ0) is 11.0. The third kappa shape index (κ3) is 1.58. The molecule has 1 atom stereocenters. The molecule has 1 aliphatic carbocycles. The van der Waals surface area contributed by atoms with E-state index in [0.717, 1.165) is 6.54 Å². The van der Waals surface area contributed by atoms with E-state index in [0.29, 0.717) is 6.04 Å². The van der Waals surface area contributed by atoms with E-state index in [1.54, 1.807) is 5.56 Å². The van der Waals surface area contributed by atoms with Gasteiger partial charge in [-0.1, -0.05) is 6.42 Å². The zero-order valence-electron chi connectivity index (χ0n) is 10.1. The van der Waals surface area contributed by atoms with Gasteiger partial charge in [-0.2, -0.15) is 5.10 Å². The highest BCUT2D eigenvalue weighted by atomic mass is 15.3. The summed E-state index contributed by atoms with van der Waals surface area (Å²) >= 11 is 0. The Bertz CT molecular complexity index is 375. The fraction of sp³-hybridized carbons (Fsp3) is 0.769. The van der Waals surface area contributed by atoms with Crippen molar-refractivity contribution >= 4 is 0 Å². The SMILES string of the molecule is CCn1nc([C@H]2CCCCN2)c2c1CCC2. The lowest BCUT2D eigenvalue weighted by Gasteiger charge is -2.22. The van der Waals surface area contributed by atoms with Gasteiger partial charge in [0.2, 0.25) is 0 Å². The summed E-state index contributed by atoms with van der Waals surface area (Å²) in [4.78, 5) is 0. The first kappa shape index (κ1) is 10.3. The van der Waals surface area contributed by atoms with Crippen LogP contribution in [0.4, 0.5) is 0 Å². The average molecular weight is 219 g/mol. The molecule has 0 bridgehead atoms. The minimum atomic E-state index is 0.536. The number of nitrogens with zero attached hydrogens (tertiary/aromatic N) is 2. The number of piperidine rings is 1. The van der Waals surface area contributed by atoms with Crippen LogP contribution < -0.4 is 5.32 Å². The molecule has 1 fully saturated rings. The second-order valence-electron chi connectivity index (χ2n) is 4.98. The molecule has 0 amide bonds. The summed E-state index contributed by atoms with van der Waals surface area (Å²) in [5, 5.41) is 8.45. The average Bonchev–Trinajstić information content (AvgIpc) is 2.91. The maximum atomic E-state index is 4.83. The van der Waals surface area contributed by atoms with Crippen molar-refractivity contribution in [3.63, 3.8) is 0 Å². The van der Waals surface area contributed by atoms with E-state index < -0.39 is 0 Å². The third-order valence-electron chi connectivity index (χ3n) is 3.98. The normalized spacial score (nSPS) is 24.7. The van der Waals surface area contributed by atoms with E-state index in [1.807, 2.05) is 0 Å². The van der Waals surface area contributed by atoms with Gasteiger partial charge in [0, 0.05) is 12.2 Å². The molecular formula is C13H21N3. The van der Waals surface area contributed by atoms with Crippen LogP contribution in [0.3, 0.4) is 0 Å². The molecular weight excluding hydrogens is 198 g/mol. The van der Waals surface area contributed by atoms with Gasteiger partial charge in [0.05, 0.1) is 11.7 Å². The van der Waals surface area contributed by atoms with Gasteiger partial charge in [-0.25, -0.2) is 0 Å². The zero-order valence-corrected chi connectivity index (χ0v) is 10.1. The molecule has 3 heteroatoms. The van der Waals surface area contributed by atoms with Crippen molar-refractivity contribution in [2.75, 3.05) is 6.54 Å². The highest BCUT2D eigenvalue weighted by molar-refractivity contribution is 5.33. The lowest BCUT2D eigenvalue weighted by atomic mass is 9.99. The molecule has 1 saturated heterocycles. The van der Waals surface area contributed by atoms with E-state index in [-0.39, 0.29) is 0 Å². The third-order valence-corrected chi connectivity index (χ3v) is 3.98. The number of rotatable bonds is 2. The Kier molecular flexibility index (Phi) is 2.72. The predicted molar refractivity (Wildman–Crippen MR) is 64.5 cm³/mol. The van der Waals surface area contributed by atoms with Crippen molar-refractivity contribution in [3.05, 3.63) is 17.0 Å². The summed E-state index contributed by atoms with van der Waals surface area (Å²) in [5.74, 6) is 0. The van der Waals surface area contributed by atoms with Gasteiger partial charge in [0.15, 0.2) is 0 Å². The second-order valence-corrected chi connectivity index (χ2v) is 4.98. The smallest absolute Gasteiger partial charge is 0.0828 e. The number of nitrogens with one attached hydrogen (secondary N) is 1. The minimum Gasteiger partial charge on any atom is -0.309 e. The molecule has 16 heavy (non-hydrogen) atoms. The van der Waals surface area contributed by atoms with E-state index in [4.69, 9.17) is 5.10 Å². The molecule has 1 aromatic heterocycles. The molecule has 0 spiro atoms. The summed E-state index contributed by atoms with van der Waals surface area (Å²) in [5.41, 5.74) is 4.46. The van der Waals surface area contributed by atoms with E-state index in [9.17, 15) is 0 Å². The first-order chi connectivity index (χ1) is 7.90. The number of hydrogen-bond acceptors (Lipinski definition) is 2. The standard InChI is InChI=1S/C13H21N3/c1-2-16-12-8-5-6-10(12)13(15-16)11-7-3-4-9-14-11/h11,14H,2-9H2,1H3/t11-/m1/s1. The number of aryl methyl sites for hydroxylation is 1. The van der Waals surface area contributed by atoms with Crippen LogP contribution in [0.1, 0.15) is 55.6 Å². The lowest BCUT2D eigenvalue weighted by Crippen LogP contribution is -2.27. The molecule has 0 radical (unpaired) electrons. The van der Waals surface area contributed by atoms with Crippen LogP contribution >= 0.6 is 0 Å². The molecule has 0 aromatic carbocycles. The molecule has 1 aliphatic heterocycles. The van der Waals surface area contributed by atoms with Crippen LogP contribution in [0.25, 0.3) is 0 Å². The highest BCUT2D eigenvalue weighted by Gasteiger charge is 2.27.